The van der Waals surface area contributed by atoms with Gasteiger partial charge in [0.15, 0.2) is 5.82 Å². The van der Waals surface area contributed by atoms with Crippen LogP contribution in [0.5, 0.6) is 0 Å². The Kier molecular flexibility index (Phi) is 4.99. The maximum Gasteiger partial charge on any atom is 0.226 e. The van der Waals surface area contributed by atoms with Crippen LogP contribution in [0.4, 0.5) is 0 Å². The van der Waals surface area contributed by atoms with Crippen LogP contribution in [0.25, 0.3) is 11.0 Å². The van der Waals surface area contributed by atoms with E-state index in [0.29, 0.717) is 5.92 Å². The Morgan fingerprint density at radius 3 is 2.81 bits per heavy atom. The van der Waals surface area contributed by atoms with Crippen LogP contribution in [-0.2, 0) is 24.2 Å². The summed E-state index contributed by atoms with van der Waals surface area (Å²) in [5.74, 6) is 3.13. The fourth-order valence-corrected chi connectivity index (χ4v) is 3.71. The zero-order chi connectivity index (χ0) is 17.9. The largest absolute Gasteiger partial charge is 0.339 e. The van der Waals surface area contributed by atoms with E-state index in [9.17, 15) is 0 Å². The van der Waals surface area contributed by atoms with Gasteiger partial charge in [0.1, 0.15) is 5.82 Å². The van der Waals surface area contributed by atoms with Gasteiger partial charge in [-0.25, -0.2) is 4.98 Å². The van der Waals surface area contributed by atoms with Gasteiger partial charge < -0.3 is 13.9 Å². The van der Waals surface area contributed by atoms with Gasteiger partial charge in [-0.05, 0) is 37.8 Å². The molecule has 0 unspecified atom stereocenters. The molecular weight excluding hydrogens is 330 g/mol. The zero-order valence-corrected chi connectivity index (χ0v) is 15.4. The second-order valence-electron chi connectivity index (χ2n) is 6.91. The second-order valence-corrected chi connectivity index (χ2v) is 6.91. The summed E-state index contributed by atoms with van der Waals surface area (Å²) in [5.41, 5.74) is 2.18. The Hall–Kier alpha value is -2.25. The van der Waals surface area contributed by atoms with Gasteiger partial charge in [-0.3, -0.25) is 0 Å². The molecule has 4 rings (SSSR count). The molecule has 0 atom stereocenters. The lowest BCUT2D eigenvalue weighted by Crippen LogP contribution is -2.33. The number of rotatable bonds is 6. The van der Waals surface area contributed by atoms with E-state index in [2.05, 4.69) is 25.8 Å². The molecule has 1 aliphatic heterocycles. The topological polar surface area (TPSA) is 69.2 Å². The summed E-state index contributed by atoms with van der Waals surface area (Å²) in [4.78, 5) is 14.5. The normalized spacial score (nSPS) is 16.5. The van der Waals surface area contributed by atoms with Gasteiger partial charge in [0.05, 0.1) is 18.1 Å². The van der Waals surface area contributed by atoms with E-state index < -0.39 is 0 Å². The standard InChI is InChI=1S/C19H25N5O2/c1-14-20-16-5-3-4-6-17(16)24(14)12-9-18-21-19(26-22-18)13-15-7-10-23(25-2)11-8-15/h3-6,15H,7-13H2,1-2H3. The predicted molar refractivity (Wildman–Crippen MR) is 97.5 cm³/mol. The molecule has 1 saturated heterocycles. The molecule has 1 aliphatic rings. The maximum absolute atomic E-state index is 5.48. The molecule has 0 saturated carbocycles. The number of aryl methyl sites for hydroxylation is 3. The van der Waals surface area contributed by atoms with Crippen molar-refractivity contribution in [3.8, 4) is 0 Å². The van der Waals surface area contributed by atoms with Gasteiger partial charge in [0.25, 0.3) is 0 Å². The lowest BCUT2D eigenvalue weighted by atomic mass is 9.94. The van der Waals surface area contributed by atoms with Gasteiger partial charge in [-0.15, -0.1) is 0 Å². The van der Waals surface area contributed by atoms with Crippen molar-refractivity contribution in [3.05, 3.63) is 41.8 Å². The van der Waals surface area contributed by atoms with E-state index >= 15 is 0 Å². The van der Waals surface area contributed by atoms with Gasteiger partial charge in [0.2, 0.25) is 5.89 Å². The minimum atomic E-state index is 0.592. The summed E-state index contributed by atoms with van der Waals surface area (Å²) in [7, 11) is 1.73. The maximum atomic E-state index is 5.48. The number of piperidine rings is 1. The first kappa shape index (κ1) is 17.2. The van der Waals surface area contributed by atoms with Crippen molar-refractivity contribution in [3.63, 3.8) is 0 Å². The first-order valence-electron chi connectivity index (χ1n) is 9.25. The van der Waals surface area contributed by atoms with Crippen molar-refractivity contribution < 1.29 is 9.36 Å². The Labute approximate surface area is 152 Å². The van der Waals surface area contributed by atoms with Gasteiger partial charge in [0, 0.05) is 32.5 Å². The monoisotopic (exact) mass is 355 g/mol. The SMILES string of the molecule is CON1CCC(Cc2nc(CCn3c(C)nc4ccccc43)no2)CC1. The molecule has 0 N–H and O–H groups in total. The molecule has 26 heavy (non-hydrogen) atoms. The van der Waals surface area contributed by atoms with E-state index in [0.717, 1.165) is 73.9 Å². The highest BCUT2D eigenvalue weighted by molar-refractivity contribution is 5.75. The molecule has 2 aromatic heterocycles. The number of nitrogens with zero attached hydrogens (tertiary/aromatic N) is 5. The van der Waals surface area contributed by atoms with Crippen molar-refractivity contribution in [2.75, 3.05) is 20.2 Å². The third-order valence-corrected chi connectivity index (χ3v) is 5.21. The summed E-state index contributed by atoms with van der Waals surface area (Å²) in [6, 6.07) is 8.20. The fourth-order valence-electron chi connectivity index (χ4n) is 3.71. The van der Waals surface area contributed by atoms with E-state index in [1.54, 1.807) is 7.11 Å². The van der Waals surface area contributed by atoms with E-state index in [1.807, 2.05) is 30.2 Å². The summed E-state index contributed by atoms with van der Waals surface area (Å²) >= 11 is 0. The zero-order valence-electron chi connectivity index (χ0n) is 15.4. The second kappa shape index (κ2) is 7.55. The van der Waals surface area contributed by atoms with Gasteiger partial charge in [-0.1, -0.05) is 17.3 Å². The number of hydrogen-bond donors (Lipinski definition) is 0. The van der Waals surface area contributed by atoms with Crippen LogP contribution in [0.2, 0.25) is 0 Å². The van der Waals surface area contributed by atoms with Crippen LogP contribution >= 0.6 is 0 Å². The fraction of sp³-hybridized carbons (Fsp3) is 0.526. The van der Waals surface area contributed by atoms with Crippen LogP contribution in [0.1, 0.15) is 30.4 Å². The molecule has 3 aromatic rings. The number of hydrogen-bond acceptors (Lipinski definition) is 6. The third kappa shape index (κ3) is 3.64. The van der Waals surface area contributed by atoms with Gasteiger partial charge in [-0.2, -0.15) is 10.0 Å². The van der Waals surface area contributed by atoms with Gasteiger partial charge >= 0.3 is 0 Å². The molecule has 7 nitrogen and oxygen atoms in total. The number of aromatic nitrogens is 4. The van der Waals surface area contributed by atoms with E-state index in [4.69, 9.17) is 9.36 Å². The molecule has 0 bridgehead atoms. The summed E-state index contributed by atoms with van der Waals surface area (Å²) < 4.78 is 7.69. The first-order valence-corrected chi connectivity index (χ1v) is 9.25. The minimum Gasteiger partial charge on any atom is -0.339 e. The Morgan fingerprint density at radius 1 is 1.19 bits per heavy atom. The van der Waals surface area contributed by atoms with Crippen molar-refractivity contribution in [1.29, 1.82) is 0 Å². The van der Waals surface area contributed by atoms with Crippen LogP contribution in [0.3, 0.4) is 0 Å². The predicted octanol–water partition coefficient (Wildman–Crippen LogP) is 2.79. The van der Waals surface area contributed by atoms with Crippen LogP contribution in [0, 0.1) is 12.8 Å². The average molecular weight is 355 g/mol. The molecular formula is C19H25N5O2. The number of imidazole rings is 1. The Bertz CT molecular complexity index is 864. The highest BCUT2D eigenvalue weighted by Gasteiger charge is 2.21. The van der Waals surface area contributed by atoms with Crippen molar-refractivity contribution in [2.45, 2.75) is 39.2 Å². The molecule has 0 aliphatic carbocycles. The molecule has 1 fully saturated rings. The minimum absolute atomic E-state index is 0.592. The molecule has 0 spiro atoms. The summed E-state index contributed by atoms with van der Waals surface area (Å²) in [5, 5.41) is 6.17. The van der Waals surface area contributed by atoms with Crippen LogP contribution in [-0.4, -0.2) is 45.0 Å². The van der Waals surface area contributed by atoms with Crippen LogP contribution < -0.4 is 0 Å². The summed E-state index contributed by atoms with van der Waals surface area (Å²) in [6.45, 7) is 4.77. The number of fused-ring (bicyclic) bond motifs is 1. The van der Waals surface area contributed by atoms with Crippen molar-refractivity contribution >= 4 is 11.0 Å². The Morgan fingerprint density at radius 2 is 2.00 bits per heavy atom. The van der Waals surface area contributed by atoms with E-state index in [1.165, 1.54) is 0 Å². The lowest BCUT2D eigenvalue weighted by molar-refractivity contribution is -0.148. The highest BCUT2D eigenvalue weighted by atomic mass is 16.7. The first-order chi connectivity index (χ1) is 12.7. The number of para-hydroxylation sites is 2. The molecule has 138 valence electrons. The summed E-state index contributed by atoms with van der Waals surface area (Å²) in [6.07, 6.45) is 3.81. The average Bonchev–Trinajstić information content (AvgIpc) is 3.24. The van der Waals surface area contributed by atoms with Crippen LogP contribution in [0.15, 0.2) is 28.8 Å². The van der Waals surface area contributed by atoms with Crippen molar-refractivity contribution in [1.82, 2.24) is 24.8 Å². The highest BCUT2D eigenvalue weighted by Crippen LogP contribution is 2.21. The smallest absolute Gasteiger partial charge is 0.226 e. The molecule has 7 heteroatoms. The lowest BCUT2D eigenvalue weighted by Gasteiger charge is -2.29. The third-order valence-electron chi connectivity index (χ3n) is 5.21. The molecule has 0 amide bonds. The quantitative estimate of drug-likeness (QED) is 0.677. The number of hydroxylamine groups is 2. The molecule has 0 radical (unpaired) electrons. The number of benzene rings is 1. The van der Waals surface area contributed by atoms with E-state index in [-0.39, 0.29) is 0 Å². The van der Waals surface area contributed by atoms with Crippen molar-refractivity contribution in [2.24, 2.45) is 5.92 Å². The molecule has 1 aromatic carbocycles. The molecule has 3 heterocycles. The Balaban J connectivity index is 1.36.